The normalized spacial score (nSPS) is 10.3. The topological polar surface area (TPSA) is 57.9 Å². The second-order valence-electron chi connectivity index (χ2n) is 3.53. The zero-order chi connectivity index (χ0) is 10.8. The number of nitrogens with two attached hydrogens (primary N) is 1. The maximum Gasteiger partial charge on any atom is 0.133 e. The van der Waals surface area contributed by atoms with Crippen molar-refractivity contribution in [2.24, 2.45) is 0 Å². The highest BCUT2D eigenvalue weighted by atomic mass is 15.2. The molecule has 2 heterocycles. The molecule has 2 rings (SSSR count). The van der Waals surface area contributed by atoms with Gasteiger partial charge in [-0.15, -0.1) is 0 Å². The van der Waals surface area contributed by atoms with Crippen LogP contribution in [0.1, 0.15) is 5.56 Å². The molecule has 4 heteroatoms. The summed E-state index contributed by atoms with van der Waals surface area (Å²) in [7, 11) is 1.97. The van der Waals surface area contributed by atoms with Crippen LogP contribution < -0.4 is 10.6 Å². The molecule has 0 aliphatic heterocycles. The van der Waals surface area contributed by atoms with E-state index in [1.54, 1.807) is 6.20 Å². The third-order valence-corrected chi connectivity index (χ3v) is 2.45. The number of nitrogens with zero attached hydrogens (tertiary/aromatic N) is 2. The molecule has 4 nitrogen and oxygen atoms in total. The third kappa shape index (κ3) is 1.79. The summed E-state index contributed by atoms with van der Waals surface area (Å²) in [6.07, 6.45) is 5.50. The number of aryl methyl sites for hydroxylation is 1. The van der Waals surface area contributed by atoms with Gasteiger partial charge in [-0.05, 0) is 24.6 Å². The summed E-state index contributed by atoms with van der Waals surface area (Å²) in [5, 5.41) is 0. The molecule has 0 fully saturated rings. The summed E-state index contributed by atoms with van der Waals surface area (Å²) < 4.78 is 0. The highest BCUT2D eigenvalue weighted by molar-refractivity contribution is 5.61. The van der Waals surface area contributed by atoms with E-state index in [-0.39, 0.29) is 0 Å². The minimum atomic E-state index is 0.723. The number of H-pyrrole nitrogens is 1. The van der Waals surface area contributed by atoms with Crippen molar-refractivity contribution in [3.8, 4) is 0 Å². The molecule has 78 valence electrons. The van der Waals surface area contributed by atoms with Gasteiger partial charge in [0.25, 0.3) is 0 Å². The monoisotopic (exact) mass is 202 g/mol. The Kier molecular flexibility index (Phi) is 2.33. The van der Waals surface area contributed by atoms with Crippen LogP contribution >= 0.6 is 0 Å². The summed E-state index contributed by atoms with van der Waals surface area (Å²) in [4.78, 5) is 9.30. The predicted molar refractivity (Wildman–Crippen MR) is 62.2 cm³/mol. The molecule has 2 aromatic heterocycles. The highest BCUT2D eigenvalue weighted by Crippen LogP contribution is 2.23. The highest BCUT2D eigenvalue weighted by Gasteiger charge is 2.06. The molecule has 0 aromatic carbocycles. The van der Waals surface area contributed by atoms with Crippen LogP contribution in [0.4, 0.5) is 17.2 Å². The number of nitrogen functional groups attached to an aromatic ring is 1. The summed E-state index contributed by atoms with van der Waals surface area (Å²) >= 11 is 0. The van der Waals surface area contributed by atoms with Crippen molar-refractivity contribution in [2.75, 3.05) is 17.7 Å². The molecule has 0 saturated heterocycles. The smallest absolute Gasteiger partial charge is 0.133 e. The lowest BCUT2D eigenvalue weighted by atomic mass is 10.2. The lowest BCUT2D eigenvalue weighted by molar-refractivity contribution is 1.12. The van der Waals surface area contributed by atoms with Gasteiger partial charge in [0.05, 0.1) is 17.6 Å². The molecule has 0 bridgehead atoms. The van der Waals surface area contributed by atoms with Crippen LogP contribution in [0, 0.1) is 6.92 Å². The summed E-state index contributed by atoms with van der Waals surface area (Å²) in [5.41, 5.74) is 8.56. The molecule has 15 heavy (non-hydrogen) atoms. The van der Waals surface area contributed by atoms with Gasteiger partial charge in [0.2, 0.25) is 0 Å². The fourth-order valence-electron chi connectivity index (χ4n) is 1.39. The van der Waals surface area contributed by atoms with Crippen LogP contribution in [-0.4, -0.2) is 17.0 Å². The van der Waals surface area contributed by atoms with E-state index in [1.165, 1.54) is 0 Å². The molecule has 3 N–H and O–H groups in total. The molecule has 0 atom stereocenters. The molecule has 0 aliphatic rings. The van der Waals surface area contributed by atoms with E-state index >= 15 is 0 Å². The van der Waals surface area contributed by atoms with Gasteiger partial charge in [-0.1, -0.05) is 0 Å². The van der Waals surface area contributed by atoms with Gasteiger partial charge in [0.15, 0.2) is 0 Å². The van der Waals surface area contributed by atoms with Gasteiger partial charge in [0, 0.05) is 19.4 Å². The van der Waals surface area contributed by atoms with Gasteiger partial charge in [-0.3, -0.25) is 0 Å². The third-order valence-electron chi connectivity index (χ3n) is 2.45. The molecule has 2 aromatic rings. The number of nitrogens with one attached hydrogen (secondary N) is 1. The number of aromatic amines is 1. The Morgan fingerprint density at radius 1 is 1.47 bits per heavy atom. The van der Waals surface area contributed by atoms with E-state index in [1.807, 2.05) is 43.4 Å². The Labute approximate surface area is 88.7 Å². The molecule has 0 spiro atoms. The standard InChI is InChI=1S/C11H14N4/c1-8-5-11(14-7-10(8)12)15(2)9-3-4-13-6-9/h3-7,13H,12H2,1-2H3. The first kappa shape index (κ1) is 9.58. The van der Waals surface area contributed by atoms with E-state index in [2.05, 4.69) is 9.97 Å². The number of pyridine rings is 1. The fraction of sp³-hybridized carbons (Fsp3) is 0.182. The minimum Gasteiger partial charge on any atom is -0.397 e. The predicted octanol–water partition coefficient (Wildman–Crippen LogP) is 2.07. The van der Waals surface area contributed by atoms with Gasteiger partial charge >= 0.3 is 0 Å². The number of hydrogen-bond acceptors (Lipinski definition) is 3. The van der Waals surface area contributed by atoms with Crippen molar-refractivity contribution in [3.63, 3.8) is 0 Å². The molecular formula is C11H14N4. The van der Waals surface area contributed by atoms with Crippen LogP contribution in [0.3, 0.4) is 0 Å². The number of anilines is 3. The first-order valence-corrected chi connectivity index (χ1v) is 4.77. The minimum absolute atomic E-state index is 0.723. The average molecular weight is 202 g/mol. The van der Waals surface area contributed by atoms with Crippen molar-refractivity contribution in [1.29, 1.82) is 0 Å². The summed E-state index contributed by atoms with van der Waals surface area (Å²) in [6, 6.07) is 3.97. The maximum absolute atomic E-state index is 5.72. The Bertz CT molecular complexity index is 448. The number of hydrogen-bond donors (Lipinski definition) is 2. The van der Waals surface area contributed by atoms with Crippen molar-refractivity contribution in [2.45, 2.75) is 6.92 Å². The second-order valence-corrected chi connectivity index (χ2v) is 3.53. The van der Waals surface area contributed by atoms with E-state index in [0.717, 1.165) is 22.8 Å². The Morgan fingerprint density at radius 2 is 2.27 bits per heavy atom. The van der Waals surface area contributed by atoms with Crippen LogP contribution in [0.2, 0.25) is 0 Å². The van der Waals surface area contributed by atoms with E-state index in [0.29, 0.717) is 0 Å². The van der Waals surface area contributed by atoms with Gasteiger partial charge in [0.1, 0.15) is 5.82 Å². The van der Waals surface area contributed by atoms with E-state index < -0.39 is 0 Å². The SMILES string of the molecule is Cc1cc(N(C)c2cc[nH]c2)ncc1N. The van der Waals surface area contributed by atoms with Crippen LogP contribution in [0.5, 0.6) is 0 Å². The molecule has 0 unspecified atom stereocenters. The van der Waals surface area contributed by atoms with Crippen LogP contribution in [-0.2, 0) is 0 Å². The number of rotatable bonds is 2. The van der Waals surface area contributed by atoms with Crippen LogP contribution in [0.15, 0.2) is 30.7 Å². The van der Waals surface area contributed by atoms with E-state index in [4.69, 9.17) is 5.73 Å². The van der Waals surface area contributed by atoms with Crippen molar-refractivity contribution < 1.29 is 0 Å². The lowest BCUT2D eigenvalue weighted by Gasteiger charge is -2.17. The Hall–Kier alpha value is -1.97. The summed E-state index contributed by atoms with van der Waals surface area (Å²) in [6.45, 7) is 1.98. The maximum atomic E-state index is 5.72. The summed E-state index contributed by atoms with van der Waals surface area (Å²) in [5.74, 6) is 0.890. The largest absolute Gasteiger partial charge is 0.397 e. The van der Waals surface area contributed by atoms with Gasteiger partial charge < -0.3 is 15.6 Å². The van der Waals surface area contributed by atoms with Crippen LogP contribution in [0.25, 0.3) is 0 Å². The van der Waals surface area contributed by atoms with Crippen molar-refractivity contribution in [1.82, 2.24) is 9.97 Å². The van der Waals surface area contributed by atoms with Gasteiger partial charge in [-0.25, -0.2) is 4.98 Å². The lowest BCUT2D eigenvalue weighted by Crippen LogP contribution is -2.10. The second kappa shape index (κ2) is 3.65. The number of aromatic nitrogens is 2. The van der Waals surface area contributed by atoms with Gasteiger partial charge in [-0.2, -0.15) is 0 Å². The van der Waals surface area contributed by atoms with Crippen molar-refractivity contribution >= 4 is 17.2 Å². The first-order chi connectivity index (χ1) is 7.18. The fourth-order valence-corrected chi connectivity index (χ4v) is 1.39. The quantitative estimate of drug-likeness (QED) is 0.783. The zero-order valence-corrected chi connectivity index (χ0v) is 8.86. The zero-order valence-electron chi connectivity index (χ0n) is 8.86. The molecular weight excluding hydrogens is 188 g/mol. The van der Waals surface area contributed by atoms with Crippen molar-refractivity contribution in [3.05, 3.63) is 36.3 Å². The molecule has 0 amide bonds. The molecule has 0 saturated carbocycles. The molecule has 0 aliphatic carbocycles. The van der Waals surface area contributed by atoms with E-state index in [9.17, 15) is 0 Å². The Balaban J connectivity index is 2.34. The average Bonchev–Trinajstić information content (AvgIpc) is 2.74. The first-order valence-electron chi connectivity index (χ1n) is 4.77. The Morgan fingerprint density at radius 3 is 2.87 bits per heavy atom. The molecule has 0 radical (unpaired) electrons.